The van der Waals surface area contributed by atoms with Crippen LogP contribution in [0.5, 0.6) is 0 Å². The van der Waals surface area contributed by atoms with Crippen molar-refractivity contribution in [2.75, 3.05) is 13.6 Å². The van der Waals surface area contributed by atoms with Gasteiger partial charge in [0.05, 0.1) is 29.9 Å². The summed E-state index contributed by atoms with van der Waals surface area (Å²) < 4.78 is 1.13. The predicted octanol–water partition coefficient (Wildman–Crippen LogP) is 2.82. The average Bonchev–Trinajstić information content (AvgIpc) is 3.21. The van der Waals surface area contributed by atoms with Crippen LogP contribution in [0.15, 0.2) is 41.8 Å². The van der Waals surface area contributed by atoms with E-state index in [1.807, 2.05) is 53.7 Å². The van der Waals surface area contributed by atoms with Gasteiger partial charge in [-0.25, -0.2) is 9.78 Å². The largest absolute Gasteiger partial charge is 0.333 e. The van der Waals surface area contributed by atoms with E-state index in [1.54, 1.807) is 22.7 Å². The number of fused-ring (bicyclic) bond motifs is 1. The molecule has 1 aromatic carbocycles. The third-order valence-electron chi connectivity index (χ3n) is 3.41. The minimum absolute atomic E-state index is 0.127. The summed E-state index contributed by atoms with van der Waals surface area (Å²) in [4.78, 5) is 31.1. The summed E-state index contributed by atoms with van der Waals surface area (Å²) in [6.45, 7) is 1.10. The van der Waals surface area contributed by atoms with E-state index >= 15 is 0 Å². The van der Waals surface area contributed by atoms with Crippen molar-refractivity contribution in [2.24, 2.45) is 0 Å². The molecule has 0 atom stereocenters. The van der Waals surface area contributed by atoms with Crippen LogP contribution < -0.4 is 10.6 Å². The molecule has 0 bridgehead atoms. The summed E-state index contributed by atoms with van der Waals surface area (Å²) in [5.74, 6) is -0.340. The lowest BCUT2D eigenvalue weighted by atomic mass is 10.3. The number of likely N-dealkylation sites (N-methyl/N-ethyl adjacent to an activating group) is 1. The number of nitrogens with zero attached hydrogens (tertiary/aromatic N) is 2. The smallest absolute Gasteiger partial charge is 0.321 e. The number of rotatable bonds is 6. The zero-order valence-corrected chi connectivity index (χ0v) is 15.3. The Hall–Kier alpha value is -2.29. The predicted molar refractivity (Wildman–Crippen MR) is 101 cm³/mol. The number of carbonyl (C=O) groups is 2. The number of amides is 3. The van der Waals surface area contributed by atoms with Gasteiger partial charge in [0.2, 0.25) is 5.91 Å². The molecule has 6 nitrogen and oxygen atoms in total. The van der Waals surface area contributed by atoms with Gasteiger partial charge in [-0.3, -0.25) is 15.0 Å². The van der Waals surface area contributed by atoms with Crippen LogP contribution in [0.3, 0.4) is 0 Å². The zero-order chi connectivity index (χ0) is 17.6. The molecule has 0 fully saturated rings. The molecular formula is C17H18N4O2S2. The van der Waals surface area contributed by atoms with Gasteiger partial charge in [0, 0.05) is 4.88 Å². The van der Waals surface area contributed by atoms with Gasteiger partial charge < -0.3 is 5.32 Å². The van der Waals surface area contributed by atoms with Gasteiger partial charge in [0.25, 0.3) is 0 Å². The molecule has 3 aromatic rings. The van der Waals surface area contributed by atoms with E-state index in [2.05, 4.69) is 15.6 Å². The van der Waals surface area contributed by atoms with E-state index in [0.717, 1.165) is 20.1 Å². The molecule has 0 aliphatic carbocycles. The number of imide groups is 1. The van der Waals surface area contributed by atoms with E-state index in [1.165, 1.54) is 0 Å². The Labute approximate surface area is 153 Å². The van der Waals surface area contributed by atoms with Crippen LogP contribution in [-0.4, -0.2) is 35.4 Å². The molecule has 0 aliphatic rings. The quantitative estimate of drug-likeness (QED) is 0.696. The highest BCUT2D eigenvalue weighted by Crippen LogP contribution is 2.22. The van der Waals surface area contributed by atoms with E-state index in [-0.39, 0.29) is 12.5 Å². The Kier molecular flexibility index (Phi) is 5.75. The van der Waals surface area contributed by atoms with E-state index in [9.17, 15) is 9.59 Å². The second-order valence-electron chi connectivity index (χ2n) is 5.56. The number of hydrogen-bond donors (Lipinski definition) is 2. The molecule has 0 aliphatic heterocycles. The molecule has 3 amide bonds. The number of urea groups is 1. The van der Waals surface area contributed by atoms with Crippen molar-refractivity contribution in [1.82, 2.24) is 20.5 Å². The van der Waals surface area contributed by atoms with Gasteiger partial charge >= 0.3 is 6.03 Å². The molecule has 0 saturated heterocycles. The Bertz CT molecular complexity index is 828. The fourth-order valence-electron chi connectivity index (χ4n) is 2.31. The standard InChI is InChI=1S/C17H18N4O2S2/c1-21(11-16-19-13-6-2-3-7-14(13)25-16)10-15(22)20-17(23)18-9-12-5-4-8-24-12/h2-8H,9-11H2,1H3,(H2,18,20,22,23). The lowest BCUT2D eigenvalue weighted by Gasteiger charge is -2.14. The lowest BCUT2D eigenvalue weighted by Crippen LogP contribution is -2.43. The summed E-state index contributed by atoms with van der Waals surface area (Å²) >= 11 is 3.17. The summed E-state index contributed by atoms with van der Waals surface area (Å²) in [6, 6.07) is 11.3. The number of aromatic nitrogens is 1. The van der Waals surface area contributed by atoms with Crippen LogP contribution in [0.4, 0.5) is 4.79 Å². The first kappa shape index (κ1) is 17.5. The second-order valence-corrected chi connectivity index (χ2v) is 7.71. The van der Waals surface area contributed by atoms with Crippen LogP contribution in [-0.2, 0) is 17.9 Å². The molecule has 0 spiro atoms. The van der Waals surface area contributed by atoms with Crippen molar-refractivity contribution in [3.8, 4) is 0 Å². The minimum Gasteiger partial charge on any atom is -0.333 e. The van der Waals surface area contributed by atoms with Crippen LogP contribution >= 0.6 is 22.7 Å². The number of thiazole rings is 1. The Balaban J connectivity index is 1.44. The maximum Gasteiger partial charge on any atom is 0.321 e. The maximum absolute atomic E-state index is 12.0. The first-order chi connectivity index (χ1) is 12.1. The highest BCUT2D eigenvalue weighted by Gasteiger charge is 2.12. The first-order valence-electron chi connectivity index (χ1n) is 7.73. The highest BCUT2D eigenvalue weighted by atomic mass is 32.1. The SMILES string of the molecule is CN(CC(=O)NC(=O)NCc1cccs1)Cc1nc2ccccc2s1. The van der Waals surface area contributed by atoms with Crippen molar-refractivity contribution < 1.29 is 9.59 Å². The van der Waals surface area contributed by atoms with Gasteiger partial charge in [0.1, 0.15) is 5.01 Å². The zero-order valence-electron chi connectivity index (χ0n) is 13.7. The molecule has 0 unspecified atom stereocenters. The minimum atomic E-state index is -0.480. The Morgan fingerprint density at radius 2 is 2.04 bits per heavy atom. The number of nitrogens with one attached hydrogen (secondary N) is 2. The molecular weight excluding hydrogens is 356 g/mol. The third kappa shape index (κ3) is 5.09. The van der Waals surface area contributed by atoms with Gasteiger partial charge in [-0.2, -0.15) is 0 Å². The van der Waals surface area contributed by atoms with Gasteiger partial charge in [0.15, 0.2) is 0 Å². The second kappa shape index (κ2) is 8.19. The van der Waals surface area contributed by atoms with Crippen LogP contribution in [0.1, 0.15) is 9.88 Å². The molecule has 130 valence electrons. The fraction of sp³-hybridized carbons (Fsp3) is 0.235. The van der Waals surface area contributed by atoms with Crippen molar-refractivity contribution in [1.29, 1.82) is 0 Å². The topological polar surface area (TPSA) is 74.3 Å². The van der Waals surface area contributed by atoms with Crippen LogP contribution in [0.2, 0.25) is 0 Å². The van der Waals surface area contributed by atoms with Crippen molar-refractivity contribution >= 4 is 44.8 Å². The molecule has 2 aromatic heterocycles. The molecule has 0 radical (unpaired) electrons. The number of para-hydroxylation sites is 1. The highest BCUT2D eigenvalue weighted by molar-refractivity contribution is 7.18. The Morgan fingerprint density at radius 3 is 2.80 bits per heavy atom. The molecule has 0 saturated carbocycles. The number of thiophene rings is 1. The normalized spacial score (nSPS) is 11.0. The summed E-state index contributed by atoms with van der Waals surface area (Å²) in [6.07, 6.45) is 0. The van der Waals surface area contributed by atoms with E-state index in [4.69, 9.17) is 0 Å². The molecule has 25 heavy (non-hydrogen) atoms. The van der Waals surface area contributed by atoms with Crippen LogP contribution in [0, 0.1) is 0 Å². The molecule has 2 N–H and O–H groups in total. The van der Waals surface area contributed by atoms with E-state index in [0.29, 0.717) is 13.1 Å². The number of benzene rings is 1. The monoisotopic (exact) mass is 374 g/mol. The maximum atomic E-state index is 12.0. The Morgan fingerprint density at radius 1 is 1.20 bits per heavy atom. The van der Waals surface area contributed by atoms with Gasteiger partial charge in [-0.05, 0) is 30.6 Å². The third-order valence-corrected chi connectivity index (χ3v) is 5.31. The van der Waals surface area contributed by atoms with Crippen molar-refractivity contribution in [2.45, 2.75) is 13.1 Å². The van der Waals surface area contributed by atoms with Crippen LogP contribution in [0.25, 0.3) is 10.2 Å². The lowest BCUT2D eigenvalue weighted by molar-refractivity contribution is -0.120. The van der Waals surface area contributed by atoms with Gasteiger partial charge in [-0.15, -0.1) is 22.7 Å². The molecule has 8 heteroatoms. The molecule has 2 heterocycles. The average molecular weight is 374 g/mol. The van der Waals surface area contributed by atoms with E-state index < -0.39 is 6.03 Å². The summed E-state index contributed by atoms with van der Waals surface area (Å²) in [7, 11) is 1.83. The fourth-order valence-corrected chi connectivity index (χ4v) is 4.00. The summed E-state index contributed by atoms with van der Waals surface area (Å²) in [5.41, 5.74) is 0.966. The number of hydrogen-bond acceptors (Lipinski definition) is 6. The first-order valence-corrected chi connectivity index (χ1v) is 9.43. The summed E-state index contributed by atoms with van der Waals surface area (Å²) in [5, 5.41) is 7.89. The van der Waals surface area contributed by atoms with Crippen molar-refractivity contribution in [3.05, 3.63) is 51.7 Å². The number of carbonyl (C=O) groups excluding carboxylic acids is 2. The van der Waals surface area contributed by atoms with Crippen molar-refractivity contribution in [3.63, 3.8) is 0 Å². The van der Waals surface area contributed by atoms with Gasteiger partial charge in [-0.1, -0.05) is 18.2 Å². The molecule has 3 rings (SSSR count).